The average Bonchev–Trinajstić information content (AvgIpc) is 3.52. The van der Waals surface area contributed by atoms with Gasteiger partial charge >= 0.3 is 5.97 Å². The van der Waals surface area contributed by atoms with E-state index < -0.39 is 77.8 Å². The summed E-state index contributed by atoms with van der Waals surface area (Å²) in [5, 5.41) is 34.4. The first-order chi connectivity index (χ1) is 27.0. The van der Waals surface area contributed by atoms with Gasteiger partial charge in [0.05, 0.1) is 24.4 Å². The predicted molar refractivity (Wildman–Crippen MR) is 213 cm³/mol. The van der Waals surface area contributed by atoms with Crippen LogP contribution in [0.2, 0.25) is 0 Å². The summed E-state index contributed by atoms with van der Waals surface area (Å²) < 4.78 is 24.3. The van der Waals surface area contributed by atoms with Crippen LogP contribution in [0.1, 0.15) is 112 Å². The summed E-state index contributed by atoms with van der Waals surface area (Å²) in [5.74, 6) is -6.79. The second-order valence-corrected chi connectivity index (χ2v) is 18.2. The third kappa shape index (κ3) is 10.2. The molecule has 5 rings (SSSR count). The molecule has 0 radical (unpaired) electrons. The number of carbonyl (C=O) groups excluding carboxylic acids is 4. The van der Waals surface area contributed by atoms with Crippen molar-refractivity contribution in [3.05, 3.63) is 36.0 Å². The molecule has 2 saturated heterocycles. The van der Waals surface area contributed by atoms with Crippen molar-refractivity contribution < 1.29 is 53.4 Å². The molecular formula is C45H69NO11. The zero-order chi connectivity index (χ0) is 41.8. The van der Waals surface area contributed by atoms with Crippen LogP contribution >= 0.6 is 0 Å². The number of cyclic esters (lactones) is 1. The fourth-order valence-corrected chi connectivity index (χ4v) is 10.5. The van der Waals surface area contributed by atoms with E-state index in [1.54, 1.807) is 19.9 Å². The Balaban J connectivity index is 1.54. The number of nitrogens with zero attached hydrogens (tertiary/aromatic N) is 1. The van der Waals surface area contributed by atoms with Crippen molar-refractivity contribution in [3.63, 3.8) is 0 Å². The first-order valence-electron chi connectivity index (χ1n) is 21.4. The van der Waals surface area contributed by atoms with E-state index in [1.807, 2.05) is 26.8 Å². The van der Waals surface area contributed by atoms with Crippen LogP contribution in [-0.4, -0.2) is 113 Å². The molecule has 2 aliphatic carbocycles. The maximum atomic E-state index is 14.4. The first kappa shape index (κ1) is 45.3. The molecule has 3 N–H and O–H groups in total. The first-order valence-corrected chi connectivity index (χ1v) is 21.4. The molecule has 320 valence electrons. The highest BCUT2D eigenvalue weighted by Gasteiger charge is 2.56. The van der Waals surface area contributed by atoms with Crippen LogP contribution in [0.3, 0.4) is 0 Å². The SMILES string of the molecule is C=CC[C@@H]1/C=C(\C)C[C@H](C)C[C@H](OC)[C@H]2O[C@@](O)(C(=O)C(=O)N3CCCC[C@H]3C(=O)O[C@H](/C(C)=C/C3CC4CC3CCC4O)[C@H](C)[C@@H](O)CC1=O)[C@H](C)C[C@@H]2OC. The summed E-state index contributed by atoms with van der Waals surface area (Å²) in [5.41, 5.74) is 1.70. The number of hydrogen-bond acceptors (Lipinski definition) is 11. The number of methoxy groups -OCH3 is 2. The second kappa shape index (κ2) is 19.5. The van der Waals surface area contributed by atoms with Gasteiger partial charge in [-0.1, -0.05) is 44.6 Å². The van der Waals surface area contributed by atoms with Gasteiger partial charge in [0.1, 0.15) is 24.0 Å². The molecule has 4 bridgehead atoms. The molecule has 15 atom stereocenters. The Morgan fingerprint density at radius 2 is 1.65 bits per heavy atom. The van der Waals surface area contributed by atoms with E-state index in [1.165, 1.54) is 19.1 Å². The lowest BCUT2D eigenvalue weighted by Gasteiger charge is -2.47. The van der Waals surface area contributed by atoms with Crippen LogP contribution in [0, 0.1) is 41.4 Å². The molecule has 0 aromatic carbocycles. The van der Waals surface area contributed by atoms with E-state index in [9.17, 15) is 34.5 Å². The summed E-state index contributed by atoms with van der Waals surface area (Å²) in [6.07, 6.45) is 7.62. The minimum atomic E-state index is -2.50. The largest absolute Gasteiger partial charge is 0.456 e. The highest BCUT2D eigenvalue weighted by atomic mass is 16.7. The van der Waals surface area contributed by atoms with Gasteiger partial charge in [-0.3, -0.25) is 14.4 Å². The van der Waals surface area contributed by atoms with Crippen molar-refractivity contribution in [3.8, 4) is 0 Å². The fourth-order valence-electron chi connectivity index (χ4n) is 10.5. The molecule has 1 amide bonds. The Hall–Kier alpha value is -2.74. The van der Waals surface area contributed by atoms with Gasteiger partial charge in [-0.05, 0) is 114 Å². The van der Waals surface area contributed by atoms with Gasteiger partial charge in [0.25, 0.3) is 11.7 Å². The number of Topliss-reactive ketones (excluding diaryl/α,β-unsaturated/α-hetero) is 2. The van der Waals surface area contributed by atoms with Gasteiger partial charge in [-0.25, -0.2) is 4.79 Å². The van der Waals surface area contributed by atoms with E-state index in [0.717, 1.165) is 36.8 Å². The van der Waals surface area contributed by atoms with Crippen LogP contribution < -0.4 is 0 Å². The van der Waals surface area contributed by atoms with Crippen LogP contribution in [0.4, 0.5) is 0 Å². The lowest BCUT2D eigenvalue weighted by Crippen LogP contribution is -2.64. The number of aliphatic hydroxyl groups is 3. The Morgan fingerprint density at radius 3 is 2.32 bits per heavy atom. The Bertz CT molecular complexity index is 1530. The van der Waals surface area contributed by atoms with Crippen molar-refractivity contribution in [1.29, 1.82) is 0 Å². The van der Waals surface area contributed by atoms with Crippen molar-refractivity contribution in [1.82, 2.24) is 4.90 Å². The van der Waals surface area contributed by atoms with Crippen molar-refractivity contribution in [2.24, 2.45) is 41.4 Å². The standard InChI is InChI=1S/C45H69NO11/c1-9-12-31-18-25(2)17-26(3)19-38(54-7)41-39(55-8)21-28(5)45(53,57-41)42(50)43(51)46-16-11-10-13-34(46)44(52)56-40(29(6)36(48)24-37(31)49)27(4)20-32-23-33-22-30(32)14-15-35(33)47/h9,18,20,26,28-36,38-41,47-48,53H,1,10-17,19,21-24H2,2-8H3/b25-18+,27-20+/t26-,28+,29+,30?,31+,32?,33?,34-,35?,36-,38-,39-,40+,41+,45+/m0/s1. The van der Waals surface area contributed by atoms with Gasteiger partial charge < -0.3 is 39.2 Å². The van der Waals surface area contributed by atoms with Gasteiger partial charge in [0.2, 0.25) is 5.79 Å². The smallest absolute Gasteiger partial charge is 0.329 e. The van der Waals surface area contributed by atoms with Gasteiger partial charge in [-0.15, -0.1) is 6.58 Å². The van der Waals surface area contributed by atoms with E-state index in [4.69, 9.17) is 18.9 Å². The lowest BCUT2D eigenvalue weighted by molar-refractivity contribution is -0.302. The summed E-state index contributed by atoms with van der Waals surface area (Å²) in [6.45, 7) is 13.3. The van der Waals surface area contributed by atoms with Crippen molar-refractivity contribution in [2.75, 3.05) is 20.8 Å². The van der Waals surface area contributed by atoms with Crippen LogP contribution in [0.25, 0.3) is 0 Å². The molecule has 4 fully saturated rings. The average molecular weight is 800 g/mol. The third-order valence-corrected chi connectivity index (χ3v) is 13.9. The number of fused-ring (bicyclic) bond motifs is 5. The second-order valence-electron chi connectivity index (χ2n) is 18.2. The molecule has 0 aromatic rings. The number of aliphatic hydroxyl groups excluding tert-OH is 2. The topological polar surface area (TPSA) is 169 Å². The van der Waals surface area contributed by atoms with Gasteiger partial charge in [-0.2, -0.15) is 0 Å². The van der Waals surface area contributed by atoms with Crippen LogP contribution in [0.15, 0.2) is 36.0 Å². The van der Waals surface area contributed by atoms with E-state index in [-0.39, 0.29) is 55.4 Å². The third-order valence-electron chi connectivity index (χ3n) is 13.9. The van der Waals surface area contributed by atoms with Crippen LogP contribution in [-0.2, 0) is 38.1 Å². The molecule has 3 aliphatic heterocycles. The fraction of sp³-hybridized carbons (Fsp3) is 0.778. The Morgan fingerprint density at radius 1 is 0.947 bits per heavy atom. The zero-order valence-electron chi connectivity index (χ0n) is 35.3. The molecule has 0 spiro atoms. The van der Waals surface area contributed by atoms with Crippen LogP contribution in [0.5, 0.6) is 0 Å². The number of esters is 1. The Kier molecular flexibility index (Phi) is 15.6. The number of allylic oxidation sites excluding steroid dienone is 4. The molecule has 0 aromatic heterocycles. The Labute approximate surface area is 339 Å². The minimum absolute atomic E-state index is 0.0201. The number of piperidine rings is 1. The highest BCUT2D eigenvalue weighted by molar-refractivity contribution is 6.39. The van der Waals surface area contributed by atoms with E-state index >= 15 is 0 Å². The number of carbonyl (C=O) groups is 4. The minimum Gasteiger partial charge on any atom is -0.456 e. The van der Waals surface area contributed by atoms with E-state index in [0.29, 0.717) is 38.0 Å². The maximum absolute atomic E-state index is 14.4. The highest BCUT2D eigenvalue weighted by Crippen LogP contribution is 2.47. The number of rotatable bonds is 6. The molecule has 12 nitrogen and oxygen atoms in total. The zero-order valence-corrected chi connectivity index (χ0v) is 35.3. The normalized spacial score (nSPS) is 43.0. The summed E-state index contributed by atoms with van der Waals surface area (Å²) in [6, 6.07) is -1.12. The summed E-state index contributed by atoms with van der Waals surface area (Å²) >= 11 is 0. The number of hydrogen-bond donors (Lipinski definition) is 3. The van der Waals surface area contributed by atoms with Crippen molar-refractivity contribution >= 4 is 23.4 Å². The summed E-state index contributed by atoms with van der Waals surface area (Å²) in [7, 11) is 3.07. The molecule has 57 heavy (non-hydrogen) atoms. The van der Waals surface area contributed by atoms with E-state index in [2.05, 4.69) is 12.7 Å². The molecule has 2 saturated carbocycles. The number of ketones is 2. The number of amides is 1. The number of ether oxygens (including phenoxy) is 4. The molecule has 4 unspecified atom stereocenters. The monoisotopic (exact) mass is 799 g/mol. The maximum Gasteiger partial charge on any atom is 0.329 e. The lowest BCUT2D eigenvalue weighted by atomic mass is 9.82. The molecular weight excluding hydrogens is 730 g/mol. The quantitative estimate of drug-likeness (QED) is 0.182. The summed E-state index contributed by atoms with van der Waals surface area (Å²) in [4.78, 5) is 58.0. The predicted octanol–water partition coefficient (Wildman–Crippen LogP) is 5.26. The van der Waals surface area contributed by atoms with Gasteiger partial charge in [0.15, 0.2) is 0 Å². The van der Waals surface area contributed by atoms with Crippen molar-refractivity contribution in [2.45, 2.75) is 160 Å². The molecule has 3 heterocycles. The molecule has 12 heteroatoms. The molecule has 5 aliphatic rings. The van der Waals surface area contributed by atoms with Gasteiger partial charge in [0, 0.05) is 44.9 Å².